The number of nitriles is 1. The lowest BCUT2D eigenvalue weighted by Crippen LogP contribution is -2.14. The van der Waals surface area contributed by atoms with Crippen molar-refractivity contribution < 1.29 is 13.9 Å². The fraction of sp³-hybridized carbons (Fsp3) is 0.188. The van der Waals surface area contributed by atoms with E-state index in [9.17, 15) is 4.39 Å². The topological polar surface area (TPSA) is 54.3 Å². The molecule has 1 heterocycles. The molecule has 1 aliphatic rings. The molecule has 5 heteroatoms. The van der Waals surface area contributed by atoms with Crippen LogP contribution in [0.5, 0.6) is 11.5 Å². The minimum Gasteiger partial charge on any atom is -0.454 e. The first-order valence-corrected chi connectivity index (χ1v) is 6.54. The van der Waals surface area contributed by atoms with Crippen molar-refractivity contribution in [3.63, 3.8) is 0 Å². The Morgan fingerprint density at radius 2 is 2.00 bits per heavy atom. The number of hydrogen-bond acceptors (Lipinski definition) is 4. The maximum Gasteiger partial charge on any atom is 0.231 e. The lowest BCUT2D eigenvalue weighted by Gasteiger charge is -2.09. The Labute approximate surface area is 121 Å². The lowest BCUT2D eigenvalue weighted by molar-refractivity contribution is 0.173. The molecule has 0 fully saturated rings. The van der Waals surface area contributed by atoms with Crippen LogP contribution in [0.25, 0.3) is 0 Å². The second-order valence-electron chi connectivity index (χ2n) is 4.67. The van der Waals surface area contributed by atoms with Crippen molar-refractivity contribution in [2.45, 2.75) is 13.1 Å². The van der Waals surface area contributed by atoms with Gasteiger partial charge in [-0.15, -0.1) is 0 Å². The Hall–Kier alpha value is -2.58. The van der Waals surface area contributed by atoms with Crippen LogP contribution in [-0.2, 0) is 13.1 Å². The predicted octanol–water partition coefficient (Wildman–Crippen LogP) is 2.72. The third-order valence-electron chi connectivity index (χ3n) is 3.30. The molecule has 0 saturated heterocycles. The van der Waals surface area contributed by atoms with Crippen LogP contribution in [0.3, 0.4) is 0 Å². The first-order valence-electron chi connectivity index (χ1n) is 6.54. The Morgan fingerprint density at radius 3 is 2.86 bits per heavy atom. The zero-order valence-corrected chi connectivity index (χ0v) is 11.2. The molecular formula is C16H13FN2O2. The van der Waals surface area contributed by atoms with E-state index < -0.39 is 0 Å². The van der Waals surface area contributed by atoms with E-state index in [1.807, 2.05) is 18.2 Å². The molecule has 0 radical (unpaired) electrons. The summed E-state index contributed by atoms with van der Waals surface area (Å²) >= 11 is 0. The molecule has 0 aliphatic carbocycles. The summed E-state index contributed by atoms with van der Waals surface area (Å²) in [6.07, 6.45) is 0. The summed E-state index contributed by atoms with van der Waals surface area (Å²) in [7, 11) is 0. The van der Waals surface area contributed by atoms with Crippen LogP contribution >= 0.6 is 0 Å². The van der Waals surface area contributed by atoms with Gasteiger partial charge in [0, 0.05) is 18.7 Å². The summed E-state index contributed by atoms with van der Waals surface area (Å²) < 4.78 is 24.0. The summed E-state index contributed by atoms with van der Waals surface area (Å²) in [5.41, 5.74) is 2.09. The van der Waals surface area contributed by atoms with E-state index in [1.165, 1.54) is 18.2 Å². The third kappa shape index (κ3) is 2.81. The molecule has 1 aliphatic heterocycles. The van der Waals surface area contributed by atoms with Gasteiger partial charge in [0.1, 0.15) is 5.82 Å². The van der Waals surface area contributed by atoms with Crippen LogP contribution in [0.15, 0.2) is 36.4 Å². The molecule has 0 saturated carbocycles. The van der Waals surface area contributed by atoms with Gasteiger partial charge in [-0.1, -0.05) is 12.1 Å². The summed E-state index contributed by atoms with van der Waals surface area (Å²) in [5.74, 6) is 1.13. The predicted molar refractivity (Wildman–Crippen MR) is 74.2 cm³/mol. The highest BCUT2D eigenvalue weighted by Crippen LogP contribution is 2.35. The molecule has 0 amide bonds. The van der Waals surface area contributed by atoms with E-state index in [2.05, 4.69) is 11.4 Å². The van der Waals surface area contributed by atoms with Crippen molar-refractivity contribution in [1.82, 2.24) is 5.32 Å². The highest BCUT2D eigenvalue weighted by Gasteiger charge is 2.16. The molecular weight excluding hydrogens is 271 g/mol. The van der Waals surface area contributed by atoms with E-state index in [4.69, 9.17) is 14.7 Å². The number of benzene rings is 2. The number of halogens is 1. The van der Waals surface area contributed by atoms with Gasteiger partial charge in [-0.05, 0) is 29.8 Å². The molecule has 1 N–H and O–H groups in total. The number of nitrogens with one attached hydrogen (secondary N) is 1. The van der Waals surface area contributed by atoms with Crippen molar-refractivity contribution >= 4 is 0 Å². The largest absolute Gasteiger partial charge is 0.454 e. The zero-order valence-electron chi connectivity index (χ0n) is 11.2. The molecule has 0 spiro atoms. The molecule has 106 valence electrons. The Bertz CT molecular complexity index is 710. The Kier molecular flexibility index (Phi) is 3.71. The number of fused-ring (bicyclic) bond motifs is 1. The van der Waals surface area contributed by atoms with Crippen LogP contribution in [0.1, 0.15) is 16.7 Å². The van der Waals surface area contributed by atoms with Crippen molar-refractivity contribution in [1.29, 1.82) is 5.26 Å². The highest BCUT2D eigenvalue weighted by molar-refractivity contribution is 5.48. The average molecular weight is 284 g/mol. The highest BCUT2D eigenvalue weighted by atomic mass is 19.1. The van der Waals surface area contributed by atoms with Gasteiger partial charge >= 0.3 is 0 Å². The fourth-order valence-corrected chi connectivity index (χ4v) is 2.28. The van der Waals surface area contributed by atoms with E-state index in [0.717, 1.165) is 17.1 Å². The van der Waals surface area contributed by atoms with Crippen LogP contribution < -0.4 is 14.8 Å². The van der Waals surface area contributed by atoms with Crippen molar-refractivity contribution in [2.24, 2.45) is 0 Å². The van der Waals surface area contributed by atoms with Crippen LogP contribution in [0.4, 0.5) is 4.39 Å². The van der Waals surface area contributed by atoms with Crippen LogP contribution in [0, 0.1) is 17.1 Å². The fourth-order valence-electron chi connectivity index (χ4n) is 2.28. The quantitative estimate of drug-likeness (QED) is 0.938. The monoisotopic (exact) mass is 284 g/mol. The molecule has 0 atom stereocenters. The van der Waals surface area contributed by atoms with Gasteiger partial charge in [0.2, 0.25) is 6.79 Å². The van der Waals surface area contributed by atoms with Gasteiger partial charge in [-0.2, -0.15) is 5.26 Å². The first kappa shape index (κ1) is 13.4. The number of ether oxygens (including phenoxy) is 2. The standard InChI is InChI=1S/C16H13FN2O2/c17-14-5-4-11(7-18)13(6-14)9-19-8-12-2-1-3-15-16(12)21-10-20-15/h1-6,19H,8-10H2. The van der Waals surface area contributed by atoms with Gasteiger partial charge in [-0.25, -0.2) is 4.39 Å². The number of rotatable bonds is 4. The molecule has 3 rings (SSSR count). The van der Waals surface area contributed by atoms with Crippen molar-refractivity contribution in [3.05, 3.63) is 58.9 Å². The molecule has 2 aromatic rings. The molecule has 0 unspecified atom stereocenters. The minimum absolute atomic E-state index is 0.231. The molecule has 4 nitrogen and oxygen atoms in total. The van der Waals surface area contributed by atoms with Gasteiger partial charge in [0.15, 0.2) is 11.5 Å². The maximum atomic E-state index is 13.2. The molecule has 21 heavy (non-hydrogen) atoms. The summed E-state index contributed by atoms with van der Waals surface area (Å²) in [6.45, 7) is 1.19. The van der Waals surface area contributed by atoms with Gasteiger partial charge in [0.05, 0.1) is 11.6 Å². The third-order valence-corrected chi connectivity index (χ3v) is 3.30. The van der Waals surface area contributed by atoms with Crippen LogP contribution in [-0.4, -0.2) is 6.79 Å². The van der Waals surface area contributed by atoms with Crippen LogP contribution in [0.2, 0.25) is 0 Å². The second-order valence-corrected chi connectivity index (χ2v) is 4.67. The summed E-state index contributed by atoms with van der Waals surface area (Å²) in [6, 6.07) is 11.9. The number of hydrogen-bond donors (Lipinski definition) is 1. The lowest BCUT2D eigenvalue weighted by atomic mass is 10.1. The summed E-state index contributed by atoms with van der Waals surface area (Å²) in [4.78, 5) is 0. The normalized spacial score (nSPS) is 12.2. The number of para-hydroxylation sites is 1. The smallest absolute Gasteiger partial charge is 0.231 e. The van der Waals surface area contributed by atoms with E-state index in [-0.39, 0.29) is 12.6 Å². The van der Waals surface area contributed by atoms with Crippen molar-refractivity contribution in [3.8, 4) is 17.6 Å². The van der Waals surface area contributed by atoms with Gasteiger partial charge in [-0.3, -0.25) is 0 Å². The first-order chi connectivity index (χ1) is 10.3. The minimum atomic E-state index is -0.344. The second kappa shape index (κ2) is 5.81. The van der Waals surface area contributed by atoms with Gasteiger partial charge in [0.25, 0.3) is 0 Å². The SMILES string of the molecule is N#Cc1ccc(F)cc1CNCc1cccc2c1OCO2. The summed E-state index contributed by atoms with van der Waals surface area (Å²) in [5, 5.41) is 12.2. The maximum absolute atomic E-state index is 13.2. The molecule has 0 aromatic heterocycles. The van der Waals surface area contributed by atoms with Crippen molar-refractivity contribution in [2.75, 3.05) is 6.79 Å². The zero-order chi connectivity index (χ0) is 14.7. The number of nitrogens with zero attached hydrogens (tertiary/aromatic N) is 1. The Balaban J connectivity index is 1.69. The average Bonchev–Trinajstić information content (AvgIpc) is 2.97. The van der Waals surface area contributed by atoms with E-state index in [0.29, 0.717) is 24.2 Å². The van der Waals surface area contributed by atoms with Gasteiger partial charge < -0.3 is 14.8 Å². The Morgan fingerprint density at radius 1 is 1.14 bits per heavy atom. The molecule has 0 bridgehead atoms. The van der Waals surface area contributed by atoms with E-state index in [1.54, 1.807) is 0 Å². The molecule has 2 aromatic carbocycles. The van der Waals surface area contributed by atoms with E-state index >= 15 is 0 Å².